The summed E-state index contributed by atoms with van der Waals surface area (Å²) in [4.78, 5) is 24.4. The van der Waals surface area contributed by atoms with Gasteiger partial charge in [0.05, 0.1) is 18.4 Å². The van der Waals surface area contributed by atoms with E-state index >= 15 is 0 Å². The Morgan fingerprint density at radius 3 is 2.90 bits per heavy atom. The van der Waals surface area contributed by atoms with Crippen molar-refractivity contribution < 1.29 is 38.8 Å². The van der Waals surface area contributed by atoms with Crippen LogP contribution in [0, 0.1) is 11.3 Å². The van der Waals surface area contributed by atoms with Gasteiger partial charge in [-0.25, -0.2) is 19.2 Å². The fourth-order valence-electron chi connectivity index (χ4n) is 3.15. The average molecular weight is 442 g/mol. The highest BCUT2D eigenvalue weighted by molar-refractivity contribution is 7.50. The zero-order chi connectivity index (χ0) is 22.3. The molecule has 3 rings (SSSR count). The molecule has 162 valence electrons. The van der Waals surface area contributed by atoms with Gasteiger partial charge in [0.25, 0.3) is 0 Å². The predicted molar refractivity (Wildman–Crippen MR) is 97.6 cm³/mol. The summed E-state index contributed by atoms with van der Waals surface area (Å²) in [6, 6.07) is 3.35. The molecule has 6 atom stereocenters. The first-order valence-electron chi connectivity index (χ1n) is 8.53. The molecule has 3 heterocycles. The van der Waals surface area contributed by atoms with Crippen LogP contribution in [0.2, 0.25) is 0 Å². The topological polar surface area (TPSA) is 226 Å². The second kappa shape index (κ2) is 7.89. The number of rotatable bonds is 7. The maximum atomic E-state index is 12.0. The molecule has 0 aliphatic carbocycles. The molecule has 1 fully saturated rings. The lowest BCUT2D eigenvalue weighted by Gasteiger charge is -2.26. The standard InChI is InChI=1S/C15H19N6O8P/c1-7(13(23)24)20-30(26,27)28-4-9-11(22)15(5-16,14(25)29-9)10-3-2-8-12(17)18-6-19-21(8)10/h2-3,6-7,9,11,14,22,25H,4H2,1H3,(H,23,24)(H2,17,18,19)(H2,20,26,27)/t7-,9+,11+,14+,15-/m0/s1. The summed E-state index contributed by atoms with van der Waals surface area (Å²) in [5.74, 6) is -1.28. The minimum absolute atomic E-state index is 0.0569. The van der Waals surface area contributed by atoms with Gasteiger partial charge >= 0.3 is 13.7 Å². The van der Waals surface area contributed by atoms with Crippen LogP contribution in [0.15, 0.2) is 18.5 Å². The van der Waals surface area contributed by atoms with Crippen LogP contribution in [0.5, 0.6) is 0 Å². The Kier molecular flexibility index (Phi) is 5.81. The highest BCUT2D eigenvalue weighted by atomic mass is 31.2. The Balaban J connectivity index is 1.85. The number of aliphatic hydroxyl groups excluding tert-OH is 2. The molecule has 1 unspecified atom stereocenters. The van der Waals surface area contributed by atoms with Gasteiger partial charge in [0.1, 0.15) is 30.1 Å². The molecule has 0 radical (unpaired) electrons. The normalized spacial score (nSPS) is 29.4. The summed E-state index contributed by atoms with van der Waals surface area (Å²) in [5.41, 5.74) is 4.13. The molecule has 0 aromatic carbocycles. The van der Waals surface area contributed by atoms with Gasteiger partial charge in [-0.15, -0.1) is 0 Å². The van der Waals surface area contributed by atoms with E-state index < -0.39 is 50.3 Å². The van der Waals surface area contributed by atoms with E-state index in [1.54, 1.807) is 0 Å². The zero-order valence-electron chi connectivity index (χ0n) is 15.5. The number of hydrogen-bond donors (Lipinski definition) is 6. The van der Waals surface area contributed by atoms with Gasteiger partial charge in [0, 0.05) is 0 Å². The Bertz CT molecular complexity index is 1060. The minimum atomic E-state index is -4.59. The molecule has 1 saturated heterocycles. The SMILES string of the molecule is C[C@H](NP(=O)(O)OC[C@H]1O[C@@H](O)[C@@](C#N)(c2ccc3c(N)ncnn23)[C@@H]1O)C(=O)O. The van der Waals surface area contributed by atoms with Gasteiger partial charge in [-0.1, -0.05) is 0 Å². The lowest BCUT2D eigenvalue weighted by Crippen LogP contribution is -2.46. The minimum Gasteiger partial charge on any atom is -0.480 e. The van der Waals surface area contributed by atoms with Crippen LogP contribution in [0.1, 0.15) is 12.6 Å². The first-order valence-corrected chi connectivity index (χ1v) is 10.1. The van der Waals surface area contributed by atoms with E-state index in [1.807, 2.05) is 11.2 Å². The van der Waals surface area contributed by atoms with Crippen LogP contribution in [0.3, 0.4) is 0 Å². The molecule has 15 heteroatoms. The molecule has 30 heavy (non-hydrogen) atoms. The fraction of sp³-hybridized carbons (Fsp3) is 0.467. The van der Waals surface area contributed by atoms with Gasteiger partial charge in [-0.3, -0.25) is 9.32 Å². The molecule has 0 amide bonds. The largest absolute Gasteiger partial charge is 0.480 e. The first-order chi connectivity index (χ1) is 14.0. The molecular formula is C15H19N6O8P. The molecule has 2 aromatic heterocycles. The number of ether oxygens (including phenoxy) is 1. The Morgan fingerprint density at radius 1 is 1.57 bits per heavy atom. The number of fused-ring (bicyclic) bond motifs is 1. The number of hydrogen-bond acceptors (Lipinski definition) is 10. The maximum absolute atomic E-state index is 12.0. The van der Waals surface area contributed by atoms with E-state index in [-0.39, 0.29) is 11.5 Å². The van der Waals surface area contributed by atoms with Crippen molar-refractivity contribution in [1.82, 2.24) is 19.7 Å². The van der Waals surface area contributed by atoms with Crippen molar-refractivity contribution in [1.29, 1.82) is 5.26 Å². The predicted octanol–water partition coefficient (Wildman–Crippen LogP) is -1.67. The molecule has 1 aliphatic rings. The van der Waals surface area contributed by atoms with Crippen LogP contribution in [0.25, 0.3) is 5.52 Å². The summed E-state index contributed by atoms with van der Waals surface area (Å²) in [5, 5.41) is 45.7. The maximum Gasteiger partial charge on any atom is 0.403 e. The number of nitrogen functional groups attached to an aromatic ring is 1. The molecule has 1 aliphatic heterocycles. The number of carbonyl (C=O) groups is 1. The fourth-order valence-corrected chi connectivity index (χ4v) is 4.17. The van der Waals surface area contributed by atoms with E-state index in [0.717, 1.165) is 13.3 Å². The lowest BCUT2D eigenvalue weighted by molar-refractivity contribution is -0.138. The molecular weight excluding hydrogens is 423 g/mol. The summed E-state index contributed by atoms with van der Waals surface area (Å²) in [6.07, 6.45) is -3.82. The second-order valence-corrected chi connectivity index (χ2v) is 8.18. The number of nitriles is 1. The molecule has 0 saturated carbocycles. The first kappa shape index (κ1) is 22.1. The van der Waals surface area contributed by atoms with Gasteiger partial charge in [0.2, 0.25) is 0 Å². The van der Waals surface area contributed by atoms with Crippen molar-refractivity contribution >= 4 is 25.1 Å². The van der Waals surface area contributed by atoms with Gasteiger partial charge in [0.15, 0.2) is 17.5 Å². The quantitative estimate of drug-likeness (QED) is 0.264. The van der Waals surface area contributed by atoms with Crippen molar-refractivity contribution in [2.45, 2.75) is 36.9 Å². The number of anilines is 1. The highest BCUT2D eigenvalue weighted by Crippen LogP contribution is 2.44. The Hall–Kier alpha value is -2.63. The summed E-state index contributed by atoms with van der Waals surface area (Å²) in [6.45, 7) is 0.403. The zero-order valence-corrected chi connectivity index (χ0v) is 16.4. The van der Waals surface area contributed by atoms with Crippen molar-refractivity contribution in [2.75, 3.05) is 12.3 Å². The number of nitrogens with zero attached hydrogens (tertiary/aromatic N) is 4. The average Bonchev–Trinajstić information content (AvgIpc) is 3.20. The molecule has 14 nitrogen and oxygen atoms in total. The van der Waals surface area contributed by atoms with Crippen LogP contribution < -0.4 is 10.8 Å². The third kappa shape index (κ3) is 3.64. The van der Waals surface area contributed by atoms with Crippen LogP contribution >= 0.6 is 7.75 Å². The van der Waals surface area contributed by atoms with E-state index in [4.69, 9.17) is 20.1 Å². The number of nitrogens with two attached hydrogens (primary N) is 1. The van der Waals surface area contributed by atoms with Crippen LogP contribution in [-0.4, -0.2) is 71.9 Å². The number of nitrogens with one attached hydrogen (secondary N) is 1. The third-order valence-corrected chi connectivity index (χ3v) is 5.96. The van der Waals surface area contributed by atoms with Crippen molar-refractivity contribution in [3.05, 3.63) is 24.2 Å². The number of aliphatic carboxylic acids is 1. The summed E-state index contributed by atoms with van der Waals surface area (Å²) in [7, 11) is -4.59. The van der Waals surface area contributed by atoms with E-state index in [1.165, 1.54) is 16.6 Å². The number of carboxylic acids is 1. The number of aliphatic hydroxyl groups is 2. The highest BCUT2D eigenvalue weighted by Gasteiger charge is 2.59. The summed E-state index contributed by atoms with van der Waals surface area (Å²) >= 11 is 0. The van der Waals surface area contributed by atoms with E-state index in [0.29, 0.717) is 5.52 Å². The third-order valence-electron chi connectivity index (χ3n) is 4.74. The number of carboxylic acid groups (broad SMARTS) is 1. The van der Waals surface area contributed by atoms with Gasteiger partial charge in [-0.05, 0) is 19.1 Å². The van der Waals surface area contributed by atoms with Crippen molar-refractivity contribution in [3.63, 3.8) is 0 Å². The van der Waals surface area contributed by atoms with Gasteiger partial charge in [-0.2, -0.15) is 10.4 Å². The molecule has 7 N–H and O–H groups in total. The monoisotopic (exact) mass is 442 g/mol. The number of aromatic nitrogens is 3. The Morgan fingerprint density at radius 2 is 2.27 bits per heavy atom. The molecule has 0 bridgehead atoms. The molecule has 0 spiro atoms. The van der Waals surface area contributed by atoms with Crippen LogP contribution in [-0.2, 0) is 24.0 Å². The van der Waals surface area contributed by atoms with Crippen molar-refractivity contribution in [3.8, 4) is 6.07 Å². The molecule has 2 aromatic rings. The Labute approximate surface area is 169 Å². The van der Waals surface area contributed by atoms with E-state index in [9.17, 15) is 29.7 Å². The lowest BCUT2D eigenvalue weighted by atomic mass is 9.79. The van der Waals surface area contributed by atoms with Crippen molar-refractivity contribution in [2.24, 2.45) is 0 Å². The smallest absolute Gasteiger partial charge is 0.403 e. The van der Waals surface area contributed by atoms with Crippen LogP contribution in [0.4, 0.5) is 5.82 Å². The second-order valence-electron chi connectivity index (χ2n) is 6.62. The summed E-state index contributed by atoms with van der Waals surface area (Å²) < 4.78 is 23.2. The van der Waals surface area contributed by atoms with Gasteiger partial charge < -0.3 is 30.7 Å². The van der Waals surface area contributed by atoms with E-state index in [2.05, 4.69) is 10.1 Å².